The van der Waals surface area contributed by atoms with Crippen LogP contribution >= 0.6 is 11.6 Å². The summed E-state index contributed by atoms with van der Waals surface area (Å²) in [6, 6.07) is 10.9. The molecule has 1 N–H and O–H groups in total. The molecule has 1 aliphatic rings. The molecule has 0 aliphatic heterocycles. The van der Waals surface area contributed by atoms with E-state index >= 15 is 0 Å². The monoisotopic (exact) mass is 364 g/mol. The predicted octanol–water partition coefficient (Wildman–Crippen LogP) is 5.60. The van der Waals surface area contributed by atoms with Crippen LogP contribution in [0.4, 0.5) is 4.39 Å². The van der Waals surface area contributed by atoms with Crippen molar-refractivity contribution in [2.75, 3.05) is 0 Å². The standard InChI is InChI=1S/C19H18ClFO2S/c1-12-9-13(7-8-18(12)20)16-3-2-4-17(16)14-5-6-15(11-24(22)23)19(21)10-14/h5-10H,2-4,11H2,1H3,(H,22,23). The Kier molecular flexibility index (Phi) is 5.18. The fourth-order valence-corrected chi connectivity index (χ4v) is 3.82. The van der Waals surface area contributed by atoms with Gasteiger partial charge in [0.15, 0.2) is 11.1 Å². The maximum Gasteiger partial charge on any atom is 0.157 e. The first-order chi connectivity index (χ1) is 11.5. The summed E-state index contributed by atoms with van der Waals surface area (Å²) in [5.41, 5.74) is 5.65. The number of allylic oxidation sites excluding steroid dienone is 2. The Bertz CT molecular complexity index is 845. The van der Waals surface area contributed by atoms with E-state index in [9.17, 15) is 8.60 Å². The summed E-state index contributed by atoms with van der Waals surface area (Å²) in [6.45, 7) is 1.98. The van der Waals surface area contributed by atoms with Gasteiger partial charge in [-0.1, -0.05) is 35.9 Å². The minimum Gasteiger partial charge on any atom is -0.306 e. The summed E-state index contributed by atoms with van der Waals surface area (Å²) < 4.78 is 34.0. The summed E-state index contributed by atoms with van der Waals surface area (Å²) in [5.74, 6) is -0.616. The molecule has 0 spiro atoms. The van der Waals surface area contributed by atoms with Gasteiger partial charge in [-0.05, 0) is 66.2 Å². The van der Waals surface area contributed by atoms with Crippen LogP contribution in [0, 0.1) is 12.7 Å². The molecule has 3 rings (SSSR count). The average Bonchev–Trinajstić information content (AvgIpc) is 3.01. The number of rotatable bonds is 4. The predicted molar refractivity (Wildman–Crippen MR) is 97.7 cm³/mol. The van der Waals surface area contributed by atoms with Crippen LogP contribution in [0.1, 0.15) is 41.5 Å². The Morgan fingerprint density at radius 2 is 1.75 bits per heavy atom. The van der Waals surface area contributed by atoms with E-state index in [1.165, 1.54) is 11.6 Å². The summed E-state index contributed by atoms with van der Waals surface area (Å²) in [5, 5.41) is 0.742. The Balaban J connectivity index is 2.01. The van der Waals surface area contributed by atoms with Crippen LogP contribution in [0.15, 0.2) is 36.4 Å². The molecule has 2 aromatic rings. The molecule has 0 bridgehead atoms. The van der Waals surface area contributed by atoms with Crippen LogP contribution in [-0.4, -0.2) is 8.76 Å². The fraction of sp³-hybridized carbons (Fsp3) is 0.263. The highest BCUT2D eigenvalue weighted by Gasteiger charge is 2.19. The van der Waals surface area contributed by atoms with E-state index in [1.54, 1.807) is 6.07 Å². The van der Waals surface area contributed by atoms with Crippen molar-refractivity contribution in [1.82, 2.24) is 0 Å². The van der Waals surface area contributed by atoms with Gasteiger partial charge in [0.2, 0.25) is 0 Å². The van der Waals surface area contributed by atoms with Crippen molar-refractivity contribution in [3.8, 4) is 0 Å². The van der Waals surface area contributed by atoms with Crippen molar-refractivity contribution in [3.63, 3.8) is 0 Å². The van der Waals surface area contributed by atoms with E-state index < -0.39 is 16.9 Å². The maximum atomic E-state index is 14.2. The van der Waals surface area contributed by atoms with E-state index in [4.69, 9.17) is 16.2 Å². The fourth-order valence-electron chi connectivity index (χ4n) is 3.20. The topological polar surface area (TPSA) is 37.3 Å². The highest BCUT2D eigenvalue weighted by atomic mass is 35.5. The zero-order valence-electron chi connectivity index (χ0n) is 13.3. The molecule has 126 valence electrons. The second-order valence-corrected chi connectivity index (χ2v) is 7.39. The normalized spacial score (nSPS) is 15.8. The van der Waals surface area contributed by atoms with Crippen molar-refractivity contribution < 1.29 is 13.2 Å². The Labute approximate surface area is 148 Å². The lowest BCUT2D eigenvalue weighted by molar-refractivity contribution is 0.559. The molecule has 0 radical (unpaired) electrons. The Hall–Kier alpha value is -1.49. The van der Waals surface area contributed by atoms with Gasteiger partial charge in [-0.3, -0.25) is 0 Å². The molecule has 0 amide bonds. The second kappa shape index (κ2) is 7.18. The Morgan fingerprint density at radius 3 is 2.33 bits per heavy atom. The van der Waals surface area contributed by atoms with E-state index in [2.05, 4.69) is 6.07 Å². The van der Waals surface area contributed by atoms with Crippen LogP contribution in [0.5, 0.6) is 0 Å². The summed E-state index contributed by atoms with van der Waals surface area (Å²) in [7, 11) is 0. The summed E-state index contributed by atoms with van der Waals surface area (Å²) in [4.78, 5) is 0. The molecule has 0 aromatic heterocycles. The number of hydrogen-bond donors (Lipinski definition) is 1. The van der Waals surface area contributed by atoms with Gasteiger partial charge in [-0.15, -0.1) is 0 Å². The van der Waals surface area contributed by atoms with Crippen LogP contribution in [-0.2, 0) is 16.8 Å². The Morgan fingerprint density at radius 1 is 1.12 bits per heavy atom. The number of hydrogen-bond acceptors (Lipinski definition) is 1. The highest BCUT2D eigenvalue weighted by Crippen LogP contribution is 2.40. The largest absolute Gasteiger partial charge is 0.306 e. The quantitative estimate of drug-likeness (QED) is 0.716. The lowest BCUT2D eigenvalue weighted by atomic mass is 9.95. The second-order valence-electron chi connectivity index (χ2n) is 6.05. The molecule has 2 aromatic carbocycles. The van der Waals surface area contributed by atoms with Crippen LogP contribution < -0.4 is 0 Å². The molecule has 1 aliphatic carbocycles. The average molecular weight is 365 g/mol. The minimum atomic E-state index is -2.04. The molecule has 0 saturated carbocycles. The van der Waals surface area contributed by atoms with Gasteiger partial charge in [0.25, 0.3) is 0 Å². The third-order valence-corrected chi connectivity index (χ3v) is 5.39. The van der Waals surface area contributed by atoms with Crippen molar-refractivity contribution in [2.24, 2.45) is 0 Å². The summed E-state index contributed by atoms with van der Waals surface area (Å²) in [6.07, 6.45) is 2.90. The smallest absolute Gasteiger partial charge is 0.157 e. The first-order valence-corrected chi connectivity index (χ1v) is 9.46. The molecule has 24 heavy (non-hydrogen) atoms. The van der Waals surface area contributed by atoms with Crippen molar-refractivity contribution in [2.45, 2.75) is 31.9 Å². The van der Waals surface area contributed by atoms with Gasteiger partial charge in [0.1, 0.15) is 5.82 Å². The van der Waals surface area contributed by atoms with Crippen LogP contribution in [0.25, 0.3) is 11.1 Å². The van der Waals surface area contributed by atoms with Crippen molar-refractivity contribution in [1.29, 1.82) is 0 Å². The van der Waals surface area contributed by atoms with Gasteiger partial charge < -0.3 is 4.55 Å². The van der Waals surface area contributed by atoms with E-state index in [0.29, 0.717) is 0 Å². The molecular weight excluding hydrogens is 347 g/mol. The molecular formula is C19H18ClFO2S. The molecule has 2 nitrogen and oxygen atoms in total. The number of aryl methyl sites for hydroxylation is 1. The van der Waals surface area contributed by atoms with Crippen molar-refractivity contribution >= 4 is 33.8 Å². The van der Waals surface area contributed by atoms with Gasteiger partial charge in [-0.25, -0.2) is 8.60 Å². The summed E-state index contributed by atoms with van der Waals surface area (Å²) >= 11 is 4.07. The van der Waals surface area contributed by atoms with Gasteiger partial charge >= 0.3 is 0 Å². The molecule has 1 unspecified atom stereocenters. The lowest BCUT2D eigenvalue weighted by Gasteiger charge is -2.11. The first-order valence-electron chi connectivity index (χ1n) is 7.80. The van der Waals surface area contributed by atoms with E-state index in [-0.39, 0.29) is 11.3 Å². The highest BCUT2D eigenvalue weighted by molar-refractivity contribution is 7.78. The number of halogens is 2. The van der Waals surface area contributed by atoms with E-state index in [1.807, 2.05) is 25.1 Å². The zero-order valence-corrected chi connectivity index (χ0v) is 14.9. The van der Waals surface area contributed by atoms with Gasteiger partial charge in [0, 0.05) is 10.6 Å². The molecule has 0 saturated heterocycles. The van der Waals surface area contributed by atoms with E-state index in [0.717, 1.165) is 46.5 Å². The van der Waals surface area contributed by atoms with Crippen LogP contribution in [0.3, 0.4) is 0 Å². The molecule has 0 heterocycles. The SMILES string of the molecule is Cc1cc(C2=C(c3ccc(CS(=O)O)c(F)c3)CCC2)ccc1Cl. The lowest BCUT2D eigenvalue weighted by Crippen LogP contribution is -1.98. The molecule has 1 atom stereocenters. The maximum absolute atomic E-state index is 14.2. The van der Waals surface area contributed by atoms with Gasteiger partial charge in [-0.2, -0.15) is 0 Å². The third kappa shape index (κ3) is 3.61. The number of benzene rings is 2. The third-order valence-electron chi connectivity index (χ3n) is 4.40. The minimum absolute atomic E-state index is 0.186. The molecule has 0 fully saturated rings. The molecule has 5 heteroatoms. The van der Waals surface area contributed by atoms with Gasteiger partial charge in [0.05, 0.1) is 5.75 Å². The van der Waals surface area contributed by atoms with Crippen molar-refractivity contribution in [3.05, 3.63) is 69.5 Å². The zero-order chi connectivity index (χ0) is 17.3. The first kappa shape index (κ1) is 17.3. The van der Waals surface area contributed by atoms with Crippen LogP contribution in [0.2, 0.25) is 5.02 Å².